The molecule has 0 unspecified atom stereocenters. The summed E-state index contributed by atoms with van der Waals surface area (Å²) in [6, 6.07) is 13.4. The van der Waals surface area contributed by atoms with Crippen LogP contribution in [0.25, 0.3) is 10.8 Å². The molecule has 0 N–H and O–H groups in total. The molecule has 1 fully saturated rings. The molecule has 1 aliphatic rings. The summed E-state index contributed by atoms with van der Waals surface area (Å²) >= 11 is 1.56. The lowest BCUT2D eigenvalue weighted by Gasteiger charge is -2.35. The maximum Gasteiger partial charge on any atom is 0.257 e. The maximum absolute atomic E-state index is 13.6. The van der Waals surface area contributed by atoms with Crippen LogP contribution >= 0.6 is 11.3 Å². The van der Waals surface area contributed by atoms with E-state index in [0.29, 0.717) is 44.6 Å². The molecule has 0 spiro atoms. The Hall–Kier alpha value is -2.55. The summed E-state index contributed by atoms with van der Waals surface area (Å²) in [6.07, 6.45) is 0.908. The molecule has 1 amide bonds. The van der Waals surface area contributed by atoms with Crippen molar-refractivity contribution in [2.75, 3.05) is 32.8 Å². The number of hydrogen-bond donors (Lipinski definition) is 0. The Morgan fingerprint density at radius 3 is 2.67 bits per heavy atom. The Morgan fingerprint density at radius 2 is 1.97 bits per heavy atom. The second-order valence-electron chi connectivity index (χ2n) is 7.20. The van der Waals surface area contributed by atoms with Crippen LogP contribution in [0.5, 0.6) is 0 Å². The molecule has 3 aromatic rings. The van der Waals surface area contributed by atoms with Crippen LogP contribution in [0.15, 0.2) is 52.3 Å². The number of morpholine rings is 1. The van der Waals surface area contributed by atoms with E-state index in [1.165, 1.54) is 0 Å². The van der Waals surface area contributed by atoms with Crippen LogP contribution in [0.3, 0.4) is 0 Å². The molecule has 2 aromatic heterocycles. The van der Waals surface area contributed by atoms with Gasteiger partial charge in [-0.2, -0.15) is 0 Å². The van der Waals surface area contributed by atoms with Crippen molar-refractivity contribution in [3.05, 3.63) is 59.3 Å². The van der Waals surface area contributed by atoms with Gasteiger partial charge in [-0.15, -0.1) is 21.5 Å². The minimum Gasteiger partial charge on any atom is -0.419 e. The van der Waals surface area contributed by atoms with Crippen LogP contribution in [0, 0.1) is 0 Å². The first-order valence-electron chi connectivity index (χ1n) is 10.3. The van der Waals surface area contributed by atoms with E-state index in [9.17, 15) is 4.79 Å². The highest BCUT2D eigenvalue weighted by Gasteiger charge is 2.32. The van der Waals surface area contributed by atoms with E-state index < -0.39 is 6.04 Å². The third kappa shape index (κ3) is 4.77. The highest BCUT2D eigenvalue weighted by molar-refractivity contribution is 7.13. The van der Waals surface area contributed by atoms with Crippen molar-refractivity contribution in [3.8, 4) is 10.8 Å². The zero-order valence-electron chi connectivity index (χ0n) is 17.1. The predicted octanol–water partition coefficient (Wildman–Crippen LogP) is 3.61. The average molecular weight is 427 g/mol. The van der Waals surface area contributed by atoms with Crippen molar-refractivity contribution in [2.45, 2.75) is 25.9 Å². The highest BCUT2D eigenvalue weighted by Crippen LogP contribution is 2.28. The Bertz CT molecular complexity index is 923. The number of thiophene rings is 1. The quantitative estimate of drug-likeness (QED) is 0.548. The smallest absolute Gasteiger partial charge is 0.257 e. The first kappa shape index (κ1) is 20.7. The van der Waals surface area contributed by atoms with Gasteiger partial charge in [0.2, 0.25) is 11.8 Å². The zero-order chi connectivity index (χ0) is 20.8. The standard InChI is InChI=1S/C22H26N4O3S/c1-2-10-26(16-19-23-24-21(29-19)18-9-6-15-30-18)20(17-7-4-3-5-8-17)22(27)25-11-13-28-14-12-25/h3-9,15,20H,2,10-14,16H2,1H3/t20-/m1/s1. The average Bonchev–Trinajstić information content (AvgIpc) is 3.47. The second-order valence-corrected chi connectivity index (χ2v) is 8.15. The first-order valence-corrected chi connectivity index (χ1v) is 11.2. The molecule has 158 valence electrons. The van der Waals surface area contributed by atoms with Crippen LogP contribution in [0.4, 0.5) is 0 Å². The summed E-state index contributed by atoms with van der Waals surface area (Å²) in [5.74, 6) is 1.13. The largest absolute Gasteiger partial charge is 0.419 e. The molecule has 1 aromatic carbocycles. The highest BCUT2D eigenvalue weighted by atomic mass is 32.1. The Morgan fingerprint density at radius 1 is 1.17 bits per heavy atom. The molecule has 1 aliphatic heterocycles. The lowest BCUT2D eigenvalue weighted by molar-refractivity contribution is -0.141. The summed E-state index contributed by atoms with van der Waals surface area (Å²) in [5, 5.41) is 10.4. The van der Waals surface area contributed by atoms with Gasteiger partial charge in [0.1, 0.15) is 6.04 Å². The van der Waals surface area contributed by atoms with E-state index in [1.54, 1.807) is 11.3 Å². The van der Waals surface area contributed by atoms with Crippen LogP contribution in [-0.2, 0) is 16.1 Å². The Labute approximate surface area is 180 Å². The lowest BCUT2D eigenvalue weighted by atomic mass is 10.0. The summed E-state index contributed by atoms with van der Waals surface area (Å²) < 4.78 is 11.4. The molecule has 0 bridgehead atoms. The molecule has 8 heteroatoms. The number of nitrogens with zero attached hydrogens (tertiary/aromatic N) is 4. The number of aromatic nitrogens is 2. The third-order valence-electron chi connectivity index (χ3n) is 5.09. The van der Waals surface area contributed by atoms with Gasteiger partial charge in [-0.3, -0.25) is 9.69 Å². The molecule has 0 saturated carbocycles. The molecule has 4 rings (SSSR count). The number of ether oxygens (including phenoxy) is 1. The fourth-order valence-electron chi connectivity index (χ4n) is 3.68. The van der Waals surface area contributed by atoms with E-state index in [2.05, 4.69) is 22.0 Å². The molecule has 30 heavy (non-hydrogen) atoms. The number of carbonyl (C=O) groups excluding carboxylic acids is 1. The minimum absolute atomic E-state index is 0.0935. The molecule has 3 heterocycles. The number of hydrogen-bond acceptors (Lipinski definition) is 7. The lowest BCUT2D eigenvalue weighted by Crippen LogP contribution is -2.47. The topological polar surface area (TPSA) is 71.7 Å². The van der Waals surface area contributed by atoms with Gasteiger partial charge >= 0.3 is 0 Å². The van der Waals surface area contributed by atoms with Crippen molar-refractivity contribution in [1.29, 1.82) is 0 Å². The van der Waals surface area contributed by atoms with Gasteiger partial charge in [0.05, 0.1) is 24.6 Å². The SMILES string of the molecule is CCCN(Cc1nnc(-c2cccs2)o1)[C@@H](C(=O)N1CCOCC1)c1ccccc1. The van der Waals surface area contributed by atoms with Crippen molar-refractivity contribution in [3.63, 3.8) is 0 Å². The fourth-order valence-corrected chi connectivity index (χ4v) is 4.32. The predicted molar refractivity (Wildman–Crippen MR) is 115 cm³/mol. The Balaban J connectivity index is 1.61. The molecule has 7 nitrogen and oxygen atoms in total. The van der Waals surface area contributed by atoms with E-state index in [0.717, 1.165) is 23.4 Å². The third-order valence-corrected chi connectivity index (χ3v) is 5.94. The first-order chi connectivity index (χ1) is 14.8. The van der Waals surface area contributed by atoms with Gasteiger partial charge in [-0.25, -0.2) is 0 Å². The molecule has 1 saturated heterocycles. The normalized spacial score (nSPS) is 15.5. The summed E-state index contributed by atoms with van der Waals surface area (Å²) in [7, 11) is 0. The van der Waals surface area contributed by atoms with Crippen LogP contribution in [-0.4, -0.2) is 58.8 Å². The minimum atomic E-state index is -0.402. The summed E-state index contributed by atoms with van der Waals surface area (Å²) in [5.41, 5.74) is 0.973. The monoisotopic (exact) mass is 426 g/mol. The molecule has 0 aliphatic carbocycles. The van der Waals surface area contributed by atoms with E-state index in [4.69, 9.17) is 9.15 Å². The van der Waals surface area contributed by atoms with Crippen LogP contribution in [0.2, 0.25) is 0 Å². The number of benzene rings is 1. The molecule has 0 radical (unpaired) electrons. The van der Waals surface area contributed by atoms with E-state index >= 15 is 0 Å². The number of rotatable bonds is 8. The van der Waals surface area contributed by atoms with Crippen LogP contribution in [0.1, 0.15) is 30.8 Å². The zero-order valence-corrected chi connectivity index (χ0v) is 17.9. The van der Waals surface area contributed by atoms with Gasteiger partial charge in [0.25, 0.3) is 5.89 Å². The van der Waals surface area contributed by atoms with Gasteiger partial charge in [-0.1, -0.05) is 43.3 Å². The van der Waals surface area contributed by atoms with Crippen molar-refractivity contribution < 1.29 is 13.9 Å². The van der Waals surface area contributed by atoms with Crippen molar-refractivity contribution in [1.82, 2.24) is 20.0 Å². The van der Waals surface area contributed by atoms with Gasteiger partial charge < -0.3 is 14.1 Å². The van der Waals surface area contributed by atoms with Gasteiger partial charge in [0, 0.05) is 13.1 Å². The molecular weight excluding hydrogens is 400 g/mol. The second kappa shape index (κ2) is 9.97. The van der Waals surface area contributed by atoms with E-state index in [1.807, 2.05) is 52.7 Å². The summed E-state index contributed by atoms with van der Waals surface area (Å²) in [4.78, 5) is 18.5. The van der Waals surface area contributed by atoms with Crippen molar-refractivity contribution in [2.24, 2.45) is 0 Å². The maximum atomic E-state index is 13.6. The molecule has 1 atom stereocenters. The number of amides is 1. The Kier molecular flexibility index (Phi) is 6.88. The number of carbonyl (C=O) groups is 1. The van der Waals surface area contributed by atoms with Crippen molar-refractivity contribution >= 4 is 17.2 Å². The fraction of sp³-hybridized carbons (Fsp3) is 0.409. The van der Waals surface area contributed by atoms with Crippen LogP contribution < -0.4 is 0 Å². The summed E-state index contributed by atoms with van der Waals surface area (Å²) in [6.45, 7) is 5.66. The van der Waals surface area contributed by atoms with Gasteiger partial charge in [0.15, 0.2) is 0 Å². The van der Waals surface area contributed by atoms with Gasteiger partial charge in [-0.05, 0) is 30.0 Å². The molecular formula is C22H26N4O3S. The van der Waals surface area contributed by atoms with E-state index in [-0.39, 0.29) is 5.91 Å².